The fraction of sp³-hybridized carbons (Fsp3) is 0.400. The van der Waals surface area contributed by atoms with Crippen LogP contribution >= 0.6 is 11.6 Å². The fourth-order valence-electron chi connectivity index (χ4n) is 3.91. The van der Waals surface area contributed by atoms with Gasteiger partial charge >= 0.3 is 0 Å². The van der Waals surface area contributed by atoms with Crippen LogP contribution in [0.4, 0.5) is 0 Å². The number of carbonyl (C=O) groups excluding carboxylic acids is 3. The first-order valence-corrected chi connectivity index (χ1v) is 11.2. The number of rotatable bonds is 7. The quantitative estimate of drug-likeness (QED) is 0.639. The molecule has 1 N–H and O–H groups in total. The van der Waals surface area contributed by atoms with Crippen molar-refractivity contribution in [3.63, 3.8) is 0 Å². The minimum atomic E-state index is -0.602. The molecule has 164 valence electrons. The highest BCUT2D eigenvalue weighted by molar-refractivity contribution is 6.30. The molecular formula is C25H29ClN2O3. The van der Waals surface area contributed by atoms with Crippen LogP contribution in [0.3, 0.4) is 0 Å². The predicted octanol–water partition coefficient (Wildman–Crippen LogP) is 4.61. The van der Waals surface area contributed by atoms with Crippen molar-refractivity contribution in [1.82, 2.24) is 10.2 Å². The van der Waals surface area contributed by atoms with Crippen molar-refractivity contribution in [3.05, 3.63) is 70.7 Å². The molecule has 31 heavy (non-hydrogen) atoms. The number of benzene rings is 2. The summed E-state index contributed by atoms with van der Waals surface area (Å²) in [4.78, 5) is 40.5. The Labute approximate surface area is 188 Å². The Morgan fingerprint density at radius 2 is 1.61 bits per heavy atom. The van der Waals surface area contributed by atoms with E-state index in [-0.39, 0.29) is 29.4 Å². The van der Waals surface area contributed by atoms with Gasteiger partial charge < -0.3 is 10.2 Å². The van der Waals surface area contributed by atoms with Crippen LogP contribution in [0.2, 0.25) is 5.02 Å². The number of piperidine rings is 1. The van der Waals surface area contributed by atoms with Gasteiger partial charge in [0.25, 0.3) is 5.91 Å². The zero-order valence-electron chi connectivity index (χ0n) is 18.0. The molecular weight excluding hydrogens is 412 g/mol. The Hall–Kier alpha value is -2.66. The highest BCUT2D eigenvalue weighted by Crippen LogP contribution is 2.23. The zero-order valence-corrected chi connectivity index (χ0v) is 18.8. The summed E-state index contributed by atoms with van der Waals surface area (Å²) in [5, 5.41) is 3.47. The first kappa shape index (κ1) is 23.0. The number of nitrogens with zero attached hydrogens (tertiary/aromatic N) is 1. The average Bonchev–Trinajstić information content (AvgIpc) is 2.82. The monoisotopic (exact) mass is 440 g/mol. The summed E-state index contributed by atoms with van der Waals surface area (Å²) in [6.45, 7) is 5.01. The van der Waals surface area contributed by atoms with Gasteiger partial charge in [-0.05, 0) is 43.0 Å². The topological polar surface area (TPSA) is 66.5 Å². The molecule has 0 spiro atoms. The Bertz CT molecular complexity index is 906. The Morgan fingerprint density at radius 3 is 2.19 bits per heavy atom. The summed E-state index contributed by atoms with van der Waals surface area (Å²) in [5.41, 5.74) is 1.19. The standard InChI is InChI=1S/C25H29ClN2O3/c1-3-17(2)22(27-24(30)20-9-11-21(26)12-10-20)25(31)28-15-13-19(14-16-28)23(29)18-7-5-4-6-8-18/h4-12,17,19,22H,3,13-16H2,1-2H3,(H,27,30). The van der Waals surface area contributed by atoms with Crippen LogP contribution in [0.1, 0.15) is 53.8 Å². The maximum Gasteiger partial charge on any atom is 0.251 e. The summed E-state index contributed by atoms with van der Waals surface area (Å²) in [6, 6.07) is 15.3. The highest BCUT2D eigenvalue weighted by Gasteiger charge is 2.34. The van der Waals surface area contributed by atoms with Crippen molar-refractivity contribution in [1.29, 1.82) is 0 Å². The predicted molar refractivity (Wildman–Crippen MR) is 122 cm³/mol. The number of nitrogens with one attached hydrogen (secondary N) is 1. The molecule has 0 bridgehead atoms. The fourth-order valence-corrected chi connectivity index (χ4v) is 4.03. The molecule has 2 unspecified atom stereocenters. The smallest absolute Gasteiger partial charge is 0.251 e. The van der Waals surface area contributed by atoms with Crippen LogP contribution < -0.4 is 5.32 Å². The van der Waals surface area contributed by atoms with Crippen LogP contribution in [0.25, 0.3) is 0 Å². The second kappa shape index (κ2) is 10.6. The van der Waals surface area contributed by atoms with E-state index in [9.17, 15) is 14.4 Å². The van der Waals surface area contributed by atoms with E-state index in [0.717, 1.165) is 12.0 Å². The minimum absolute atomic E-state index is 0.00701. The lowest BCUT2D eigenvalue weighted by atomic mass is 9.88. The molecule has 0 aromatic heterocycles. The average molecular weight is 441 g/mol. The van der Waals surface area contributed by atoms with Crippen molar-refractivity contribution in [2.45, 2.75) is 39.2 Å². The Morgan fingerprint density at radius 1 is 1.00 bits per heavy atom. The first-order valence-electron chi connectivity index (χ1n) is 10.8. The van der Waals surface area contributed by atoms with Crippen LogP contribution in [-0.4, -0.2) is 41.6 Å². The van der Waals surface area contributed by atoms with Crippen molar-refractivity contribution in [3.8, 4) is 0 Å². The maximum absolute atomic E-state index is 13.3. The second-order valence-corrected chi connectivity index (χ2v) is 8.61. The first-order chi connectivity index (χ1) is 14.9. The van der Waals surface area contributed by atoms with Gasteiger partial charge in [0.05, 0.1) is 0 Å². The number of Topliss-reactive ketones (excluding diaryl/α,β-unsaturated/α-hetero) is 1. The molecule has 0 radical (unpaired) electrons. The lowest BCUT2D eigenvalue weighted by Crippen LogP contribution is -2.53. The molecule has 1 heterocycles. The van der Waals surface area contributed by atoms with Gasteiger partial charge in [-0.2, -0.15) is 0 Å². The highest BCUT2D eigenvalue weighted by atomic mass is 35.5. The van der Waals surface area contributed by atoms with E-state index in [4.69, 9.17) is 11.6 Å². The van der Waals surface area contributed by atoms with Gasteiger partial charge in [-0.1, -0.05) is 62.2 Å². The molecule has 0 saturated carbocycles. The summed E-state index contributed by atoms with van der Waals surface area (Å²) >= 11 is 5.90. The number of carbonyl (C=O) groups is 3. The Balaban J connectivity index is 1.63. The summed E-state index contributed by atoms with van der Waals surface area (Å²) < 4.78 is 0. The molecule has 0 aliphatic carbocycles. The maximum atomic E-state index is 13.3. The van der Waals surface area contributed by atoms with Crippen LogP contribution in [0, 0.1) is 11.8 Å². The van der Waals surface area contributed by atoms with Crippen molar-refractivity contribution in [2.24, 2.45) is 11.8 Å². The third kappa shape index (κ3) is 5.73. The number of hydrogen-bond donors (Lipinski definition) is 1. The van der Waals surface area contributed by atoms with Crippen molar-refractivity contribution < 1.29 is 14.4 Å². The van der Waals surface area contributed by atoms with E-state index in [1.807, 2.05) is 44.2 Å². The normalized spacial score (nSPS) is 16.4. The van der Waals surface area contributed by atoms with Crippen LogP contribution in [0.5, 0.6) is 0 Å². The third-order valence-corrected chi connectivity index (χ3v) is 6.36. The lowest BCUT2D eigenvalue weighted by Gasteiger charge is -2.35. The number of likely N-dealkylation sites (tertiary alicyclic amines) is 1. The Kier molecular flexibility index (Phi) is 7.85. The molecule has 5 nitrogen and oxygen atoms in total. The lowest BCUT2D eigenvalue weighted by molar-refractivity contribution is -0.135. The molecule has 2 atom stereocenters. The van der Waals surface area contributed by atoms with Gasteiger partial charge in [0, 0.05) is 35.2 Å². The molecule has 1 aliphatic heterocycles. The van der Waals surface area contributed by atoms with E-state index in [1.165, 1.54) is 0 Å². The van der Waals surface area contributed by atoms with Gasteiger partial charge in [-0.25, -0.2) is 0 Å². The van der Waals surface area contributed by atoms with Crippen LogP contribution in [-0.2, 0) is 4.79 Å². The van der Waals surface area contributed by atoms with Gasteiger partial charge in [-0.3, -0.25) is 14.4 Å². The van der Waals surface area contributed by atoms with Gasteiger partial charge in [-0.15, -0.1) is 0 Å². The summed E-state index contributed by atoms with van der Waals surface area (Å²) in [5.74, 6) is -0.307. The van der Waals surface area contributed by atoms with Gasteiger partial charge in [0.15, 0.2) is 5.78 Å². The molecule has 1 aliphatic rings. The van der Waals surface area contributed by atoms with E-state index < -0.39 is 6.04 Å². The second-order valence-electron chi connectivity index (χ2n) is 8.17. The number of ketones is 1. The molecule has 6 heteroatoms. The van der Waals surface area contributed by atoms with E-state index in [0.29, 0.717) is 36.5 Å². The van der Waals surface area contributed by atoms with E-state index >= 15 is 0 Å². The van der Waals surface area contributed by atoms with Crippen molar-refractivity contribution >= 4 is 29.2 Å². The molecule has 3 rings (SSSR count). The SMILES string of the molecule is CCC(C)C(NC(=O)c1ccc(Cl)cc1)C(=O)N1CCC(C(=O)c2ccccc2)CC1. The largest absolute Gasteiger partial charge is 0.341 e. The van der Waals surface area contributed by atoms with E-state index in [1.54, 1.807) is 29.2 Å². The number of hydrogen-bond acceptors (Lipinski definition) is 3. The third-order valence-electron chi connectivity index (χ3n) is 6.11. The van der Waals surface area contributed by atoms with Gasteiger partial charge in [0.1, 0.15) is 6.04 Å². The number of halogens is 1. The molecule has 1 fully saturated rings. The van der Waals surface area contributed by atoms with Gasteiger partial charge in [0.2, 0.25) is 5.91 Å². The zero-order chi connectivity index (χ0) is 22.4. The van der Waals surface area contributed by atoms with E-state index in [2.05, 4.69) is 5.32 Å². The van der Waals surface area contributed by atoms with Crippen LogP contribution in [0.15, 0.2) is 54.6 Å². The molecule has 2 aromatic rings. The molecule has 1 saturated heterocycles. The summed E-state index contributed by atoms with van der Waals surface area (Å²) in [6.07, 6.45) is 2.04. The number of amides is 2. The molecule has 2 aromatic carbocycles. The minimum Gasteiger partial charge on any atom is -0.341 e. The van der Waals surface area contributed by atoms with Crippen molar-refractivity contribution in [2.75, 3.05) is 13.1 Å². The summed E-state index contributed by atoms with van der Waals surface area (Å²) in [7, 11) is 0. The molecule has 2 amide bonds.